The molecule has 0 unspecified atom stereocenters. The van der Waals surface area contributed by atoms with Crippen molar-refractivity contribution in [3.8, 4) is 0 Å². The highest BCUT2D eigenvalue weighted by atomic mass is 32.1. The van der Waals surface area contributed by atoms with Crippen LogP contribution in [-0.2, 0) is 6.54 Å². The predicted octanol–water partition coefficient (Wildman–Crippen LogP) is 1.69. The van der Waals surface area contributed by atoms with E-state index in [1.807, 2.05) is 18.6 Å². The standard InChI is InChI=1S/C14H20N6S/c1-15-13-7-14(17-10-16-13)20-4-2-3-19(5-6-20)8-12-9-21-11-18-12/h7,9-11H,2-6,8H2,1H3,(H,15,16,17). The molecule has 3 heterocycles. The molecule has 0 radical (unpaired) electrons. The third-order valence-corrected chi connectivity index (χ3v) is 4.33. The first-order chi connectivity index (χ1) is 10.3. The summed E-state index contributed by atoms with van der Waals surface area (Å²) < 4.78 is 0. The minimum atomic E-state index is 0.864. The van der Waals surface area contributed by atoms with Crippen LogP contribution in [0, 0.1) is 0 Å². The second kappa shape index (κ2) is 6.82. The molecule has 6 nitrogen and oxygen atoms in total. The number of hydrogen-bond donors (Lipinski definition) is 1. The fourth-order valence-corrected chi connectivity index (χ4v) is 3.11. The molecule has 0 saturated carbocycles. The van der Waals surface area contributed by atoms with Crippen molar-refractivity contribution in [2.24, 2.45) is 0 Å². The van der Waals surface area contributed by atoms with Gasteiger partial charge in [-0.3, -0.25) is 4.90 Å². The van der Waals surface area contributed by atoms with Crippen molar-refractivity contribution in [1.82, 2.24) is 19.9 Å². The lowest BCUT2D eigenvalue weighted by Crippen LogP contribution is -2.31. The zero-order chi connectivity index (χ0) is 14.5. The third kappa shape index (κ3) is 3.68. The topological polar surface area (TPSA) is 57.2 Å². The van der Waals surface area contributed by atoms with E-state index in [1.165, 1.54) is 5.69 Å². The fourth-order valence-electron chi connectivity index (χ4n) is 2.56. The zero-order valence-corrected chi connectivity index (χ0v) is 13.0. The molecule has 2 aromatic rings. The molecule has 1 fully saturated rings. The van der Waals surface area contributed by atoms with Crippen LogP contribution >= 0.6 is 11.3 Å². The van der Waals surface area contributed by atoms with Crippen molar-refractivity contribution in [2.75, 3.05) is 43.4 Å². The minimum absolute atomic E-state index is 0.864. The van der Waals surface area contributed by atoms with Gasteiger partial charge in [0.05, 0.1) is 11.2 Å². The van der Waals surface area contributed by atoms with Crippen molar-refractivity contribution in [3.05, 3.63) is 29.0 Å². The summed E-state index contributed by atoms with van der Waals surface area (Å²) in [6.45, 7) is 5.12. The van der Waals surface area contributed by atoms with E-state index in [1.54, 1.807) is 17.7 Å². The van der Waals surface area contributed by atoms with E-state index in [-0.39, 0.29) is 0 Å². The normalized spacial score (nSPS) is 16.7. The SMILES string of the molecule is CNc1cc(N2CCCN(Cc3cscn3)CC2)ncn1. The Kier molecular flexibility index (Phi) is 4.62. The summed E-state index contributed by atoms with van der Waals surface area (Å²) in [5.74, 6) is 1.87. The first-order valence-electron chi connectivity index (χ1n) is 7.19. The smallest absolute Gasteiger partial charge is 0.134 e. The Bertz CT molecular complexity index is 558. The molecule has 0 bridgehead atoms. The van der Waals surface area contributed by atoms with E-state index >= 15 is 0 Å². The summed E-state index contributed by atoms with van der Waals surface area (Å²) in [7, 11) is 1.88. The Morgan fingerprint density at radius 1 is 1.19 bits per heavy atom. The van der Waals surface area contributed by atoms with E-state index < -0.39 is 0 Å². The maximum atomic E-state index is 4.40. The predicted molar refractivity (Wildman–Crippen MR) is 85.8 cm³/mol. The Morgan fingerprint density at radius 2 is 2.14 bits per heavy atom. The van der Waals surface area contributed by atoms with Gasteiger partial charge < -0.3 is 10.2 Å². The molecule has 1 aliphatic heterocycles. The second-order valence-electron chi connectivity index (χ2n) is 5.11. The van der Waals surface area contributed by atoms with Gasteiger partial charge in [0.2, 0.25) is 0 Å². The lowest BCUT2D eigenvalue weighted by atomic mass is 10.3. The molecular weight excluding hydrogens is 284 g/mol. The summed E-state index contributed by atoms with van der Waals surface area (Å²) in [5.41, 5.74) is 3.08. The molecule has 112 valence electrons. The maximum absolute atomic E-state index is 4.40. The largest absolute Gasteiger partial charge is 0.373 e. The van der Waals surface area contributed by atoms with Crippen LogP contribution in [0.5, 0.6) is 0 Å². The Hall–Kier alpha value is -1.73. The first-order valence-corrected chi connectivity index (χ1v) is 8.13. The summed E-state index contributed by atoms with van der Waals surface area (Å²) in [4.78, 5) is 17.8. The quantitative estimate of drug-likeness (QED) is 0.927. The van der Waals surface area contributed by atoms with Gasteiger partial charge in [0, 0.05) is 51.2 Å². The van der Waals surface area contributed by atoms with Crippen LogP contribution in [0.2, 0.25) is 0 Å². The number of anilines is 2. The minimum Gasteiger partial charge on any atom is -0.373 e. The molecule has 3 rings (SSSR count). The Morgan fingerprint density at radius 3 is 2.95 bits per heavy atom. The van der Waals surface area contributed by atoms with E-state index in [0.717, 1.165) is 50.8 Å². The molecule has 7 heteroatoms. The lowest BCUT2D eigenvalue weighted by molar-refractivity contribution is 0.282. The molecule has 1 saturated heterocycles. The zero-order valence-electron chi connectivity index (χ0n) is 12.2. The number of thiazole rings is 1. The molecule has 0 spiro atoms. The summed E-state index contributed by atoms with van der Waals surface area (Å²) in [6.07, 6.45) is 2.77. The number of nitrogens with zero attached hydrogens (tertiary/aromatic N) is 5. The van der Waals surface area contributed by atoms with Crippen LogP contribution in [0.25, 0.3) is 0 Å². The van der Waals surface area contributed by atoms with E-state index in [0.29, 0.717) is 0 Å². The van der Waals surface area contributed by atoms with Crippen molar-refractivity contribution in [2.45, 2.75) is 13.0 Å². The summed E-state index contributed by atoms with van der Waals surface area (Å²) in [5, 5.41) is 5.20. The van der Waals surface area contributed by atoms with Crippen molar-refractivity contribution >= 4 is 23.0 Å². The van der Waals surface area contributed by atoms with Gasteiger partial charge in [-0.2, -0.15) is 0 Å². The molecule has 0 aliphatic carbocycles. The molecule has 1 aliphatic rings. The van der Waals surface area contributed by atoms with Crippen LogP contribution in [-0.4, -0.2) is 53.1 Å². The van der Waals surface area contributed by atoms with Crippen molar-refractivity contribution < 1.29 is 0 Å². The second-order valence-corrected chi connectivity index (χ2v) is 5.83. The third-order valence-electron chi connectivity index (χ3n) is 3.69. The maximum Gasteiger partial charge on any atom is 0.134 e. The average Bonchev–Trinajstić information content (AvgIpc) is 2.92. The fraction of sp³-hybridized carbons (Fsp3) is 0.500. The summed E-state index contributed by atoms with van der Waals surface area (Å²) >= 11 is 1.66. The van der Waals surface area contributed by atoms with Gasteiger partial charge in [-0.05, 0) is 6.42 Å². The first kappa shape index (κ1) is 14.2. The number of nitrogens with one attached hydrogen (secondary N) is 1. The van der Waals surface area contributed by atoms with Gasteiger partial charge in [0.25, 0.3) is 0 Å². The van der Waals surface area contributed by atoms with Crippen LogP contribution < -0.4 is 10.2 Å². The van der Waals surface area contributed by atoms with Crippen LogP contribution in [0.15, 0.2) is 23.3 Å². The van der Waals surface area contributed by atoms with Gasteiger partial charge in [0.15, 0.2) is 0 Å². The summed E-state index contributed by atoms with van der Waals surface area (Å²) in [6, 6.07) is 2.01. The molecular formula is C14H20N6S. The molecule has 0 amide bonds. The number of rotatable bonds is 4. The highest BCUT2D eigenvalue weighted by molar-refractivity contribution is 7.07. The molecule has 0 atom stereocenters. The van der Waals surface area contributed by atoms with E-state index in [2.05, 4.69) is 35.4 Å². The van der Waals surface area contributed by atoms with Gasteiger partial charge in [-0.1, -0.05) is 0 Å². The van der Waals surface area contributed by atoms with Crippen LogP contribution in [0.3, 0.4) is 0 Å². The Balaban J connectivity index is 1.62. The molecule has 1 N–H and O–H groups in total. The van der Waals surface area contributed by atoms with Gasteiger partial charge in [-0.15, -0.1) is 11.3 Å². The van der Waals surface area contributed by atoms with E-state index in [4.69, 9.17) is 0 Å². The average molecular weight is 304 g/mol. The highest BCUT2D eigenvalue weighted by Crippen LogP contribution is 2.17. The monoisotopic (exact) mass is 304 g/mol. The van der Waals surface area contributed by atoms with Crippen LogP contribution in [0.4, 0.5) is 11.6 Å². The lowest BCUT2D eigenvalue weighted by Gasteiger charge is -2.22. The van der Waals surface area contributed by atoms with Gasteiger partial charge in [-0.25, -0.2) is 15.0 Å². The number of aromatic nitrogens is 3. The van der Waals surface area contributed by atoms with Crippen molar-refractivity contribution in [3.63, 3.8) is 0 Å². The highest BCUT2D eigenvalue weighted by Gasteiger charge is 2.17. The molecule has 2 aromatic heterocycles. The molecule has 21 heavy (non-hydrogen) atoms. The molecule has 0 aromatic carbocycles. The van der Waals surface area contributed by atoms with Crippen molar-refractivity contribution in [1.29, 1.82) is 0 Å². The number of hydrogen-bond acceptors (Lipinski definition) is 7. The van der Waals surface area contributed by atoms with Crippen LogP contribution in [0.1, 0.15) is 12.1 Å². The van der Waals surface area contributed by atoms with Gasteiger partial charge in [0.1, 0.15) is 18.0 Å². The van der Waals surface area contributed by atoms with E-state index in [9.17, 15) is 0 Å². The van der Waals surface area contributed by atoms with Gasteiger partial charge >= 0.3 is 0 Å². The Labute approximate surface area is 128 Å².